The summed E-state index contributed by atoms with van der Waals surface area (Å²) in [4.78, 5) is 37.2. The van der Waals surface area contributed by atoms with Gasteiger partial charge in [-0.1, -0.05) is 18.2 Å². The Bertz CT molecular complexity index is 852. The Balaban J connectivity index is 2.34. The largest absolute Gasteiger partial charge is 0.384 e. The van der Waals surface area contributed by atoms with Gasteiger partial charge in [-0.25, -0.2) is 4.79 Å². The highest BCUT2D eigenvalue weighted by Crippen LogP contribution is 2.22. The highest BCUT2D eigenvalue weighted by Gasteiger charge is 2.20. The molecule has 2 aromatic rings. The van der Waals surface area contributed by atoms with Gasteiger partial charge in [-0.2, -0.15) is 0 Å². The smallest absolute Gasteiger partial charge is 0.332 e. The van der Waals surface area contributed by atoms with Crippen LogP contribution in [0.25, 0.3) is 0 Å². The van der Waals surface area contributed by atoms with Gasteiger partial charge in [0.1, 0.15) is 11.4 Å². The van der Waals surface area contributed by atoms with Crippen LogP contribution in [-0.4, -0.2) is 20.7 Å². The number of nitrogens with zero attached hydrogens (tertiary/aromatic N) is 2. The van der Waals surface area contributed by atoms with Crippen LogP contribution in [-0.2, 0) is 14.1 Å². The first-order valence-electron chi connectivity index (χ1n) is 6.61. The van der Waals surface area contributed by atoms with Crippen LogP contribution in [0.1, 0.15) is 15.9 Å². The summed E-state index contributed by atoms with van der Waals surface area (Å²) < 4.78 is 2.00. The first-order chi connectivity index (χ1) is 10.3. The maximum atomic E-state index is 12.4. The van der Waals surface area contributed by atoms with Crippen molar-refractivity contribution in [3.8, 4) is 0 Å². The second-order valence-corrected chi connectivity index (χ2v) is 5.96. The van der Waals surface area contributed by atoms with Crippen LogP contribution in [0.3, 0.4) is 0 Å². The molecule has 0 bridgehead atoms. The molecule has 0 saturated carbocycles. The Morgan fingerprint density at radius 1 is 1.18 bits per heavy atom. The van der Waals surface area contributed by atoms with Crippen LogP contribution in [0.2, 0.25) is 0 Å². The molecule has 6 nitrogen and oxygen atoms in total. The number of nitrogen functional groups attached to an aromatic ring is 1. The molecule has 0 aliphatic heterocycles. The molecular weight excluding hydrogens is 302 g/mol. The molecule has 1 heterocycles. The molecule has 116 valence electrons. The summed E-state index contributed by atoms with van der Waals surface area (Å²) in [6.45, 7) is 1.95. The second-order valence-electron chi connectivity index (χ2n) is 4.94. The van der Waals surface area contributed by atoms with Crippen molar-refractivity contribution in [1.82, 2.24) is 9.13 Å². The van der Waals surface area contributed by atoms with E-state index >= 15 is 0 Å². The van der Waals surface area contributed by atoms with E-state index in [0.29, 0.717) is 0 Å². The SMILES string of the molecule is Cc1ccccc1SCC(=O)c1c(N)n(C)c(=O)n(C)c1=O. The molecule has 0 amide bonds. The van der Waals surface area contributed by atoms with Gasteiger partial charge in [-0.05, 0) is 18.6 Å². The van der Waals surface area contributed by atoms with Gasteiger partial charge in [0.05, 0.1) is 5.75 Å². The summed E-state index contributed by atoms with van der Waals surface area (Å²) in [6, 6.07) is 7.67. The molecule has 0 saturated heterocycles. The Labute approximate surface area is 131 Å². The maximum Gasteiger partial charge on any atom is 0.332 e. The van der Waals surface area contributed by atoms with Crippen molar-refractivity contribution in [3.05, 3.63) is 56.2 Å². The lowest BCUT2D eigenvalue weighted by Crippen LogP contribution is -2.41. The molecule has 22 heavy (non-hydrogen) atoms. The molecule has 0 atom stereocenters. The fourth-order valence-electron chi connectivity index (χ4n) is 2.06. The van der Waals surface area contributed by atoms with Crippen molar-refractivity contribution in [2.45, 2.75) is 11.8 Å². The topological polar surface area (TPSA) is 87.1 Å². The zero-order valence-electron chi connectivity index (χ0n) is 12.6. The molecule has 2 N–H and O–H groups in total. The van der Waals surface area contributed by atoms with Crippen LogP contribution >= 0.6 is 11.8 Å². The monoisotopic (exact) mass is 319 g/mol. The number of thioether (sulfide) groups is 1. The number of hydrogen-bond donors (Lipinski definition) is 1. The minimum absolute atomic E-state index is 0.0858. The third kappa shape index (κ3) is 2.85. The Morgan fingerprint density at radius 2 is 1.82 bits per heavy atom. The van der Waals surface area contributed by atoms with E-state index in [9.17, 15) is 14.4 Å². The molecule has 0 fully saturated rings. The molecule has 7 heteroatoms. The maximum absolute atomic E-state index is 12.4. The fourth-order valence-corrected chi connectivity index (χ4v) is 2.96. The summed E-state index contributed by atoms with van der Waals surface area (Å²) in [5.74, 6) is -0.395. The molecule has 1 aromatic heterocycles. The van der Waals surface area contributed by atoms with Gasteiger partial charge in [0.2, 0.25) is 0 Å². The lowest BCUT2D eigenvalue weighted by molar-refractivity contribution is 0.102. The average Bonchev–Trinajstić information content (AvgIpc) is 2.50. The van der Waals surface area contributed by atoms with Crippen LogP contribution < -0.4 is 17.0 Å². The Morgan fingerprint density at radius 3 is 2.45 bits per heavy atom. The van der Waals surface area contributed by atoms with E-state index in [1.807, 2.05) is 31.2 Å². The van der Waals surface area contributed by atoms with E-state index in [4.69, 9.17) is 5.73 Å². The molecule has 0 unspecified atom stereocenters. The normalized spacial score (nSPS) is 10.7. The fraction of sp³-hybridized carbons (Fsp3) is 0.267. The summed E-state index contributed by atoms with van der Waals surface area (Å²) >= 11 is 1.34. The van der Waals surface area contributed by atoms with E-state index in [0.717, 1.165) is 19.6 Å². The number of ketones is 1. The first-order valence-corrected chi connectivity index (χ1v) is 7.60. The van der Waals surface area contributed by atoms with Crippen LogP contribution in [0.15, 0.2) is 38.8 Å². The second kappa shape index (κ2) is 6.23. The van der Waals surface area contributed by atoms with E-state index in [2.05, 4.69) is 0 Å². The highest BCUT2D eigenvalue weighted by molar-refractivity contribution is 8.00. The number of aryl methyl sites for hydroxylation is 1. The van der Waals surface area contributed by atoms with E-state index in [1.54, 1.807) is 0 Å². The van der Waals surface area contributed by atoms with Crippen molar-refractivity contribution < 1.29 is 4.79 Å². The third-order valence-corrected chi connectivity index (χ3v) is 4.62. The van der Waals surface area contributed by atoms with E-state index < -0.39 is 11.2 Å². The van der Waals surface area contributed by atoms with Crippen molar-refractivity contribution in [2.75, 3.05) is 11.5 Å². The van der Waals surface area contributed by atoms with E-state index in [-0.39, 0.29) is 22.9 Å². The minimum Gasteiger partial charge on any atom is -0.384 e. The van der Waals surface area contributed by atoms with Gasteiger partial charge < -0.3 is 5.73 Å². The number of aromatic nitrogens is 2. The zero-order valence-corrected chi connectivity index (χ0v) is 13.4. The van der Waals surface area contributed by atoms with Gasteiger partial charge >= 0.3 is 5.69 Å². The number of carbonyl (C=O) groups excluding carboxylic acids is 1. The summed E-state index contributed by atoms with van der Waals surface area (Å²) in [7, 11) is 2.76. The van der Waals surface area contributed by atoms with Crippen molar-refractivity contribution in [1.29, 1.82) is 0 Å². The number of rotatable bonds is 4. The van der Waals surface area contributed by atoms with Gasteiger partial charge in [0.25, 0.3) is 5.56 Å². The van der Waals surface area contributed by atoms with Crippen molar-refractivity contribution in [2.24, 2.45) is 14.1 Å². The van der Waals surface area contributed by atoms with Gasteiger partial charge in [0, 0.05) is 19.0 Å². The van der Waals surface area contributed by atoms with Gasteiger partial charge in [0.15, 0.2) is 5.78 Å². The lowest BCUT2D eigenvalue weighted by Gasteiger charge is -2.11. The highest BCUT2D eigenvalue weighted by atomic mass is 32.2. The minimum atomic E-state index is -0.656. The number of hydrogen-bond acceptors (Lipinski definition) is 5. The molecule has 0 radical (unpaired) electrons. The standard InChI is InChI=1S/C15H17N3O3S/c1-9-6-4-5-7-11(9)22-8-10(19)12-13(16)17(2)15(21)18(3)14(12)20/h4-7H,8,16H2,1-3H3. The van der Waals surface area contributed by atoms with Crippen LogP contribution in [0, 0.1) is 6.92 Å². The van der Waals surface area contributed by atoms with Gasteiger partial charge in [-0.3, -0.25) is 18.7 Å². The Kier molecular flexibility index (Phi) is 4.56. The molecule has 0 aliphatic rings. The summed E-state index contributed by atoms with van der Waals surface area (Å²) in [5, 5.41) is 0. The summed E-state index contributed by atoms with van der Waals surface area (Å²) in [5.41, 5.74) is 5.49. The predicted molar refractivity (Wildman–Crippen MR) is 87.6 cm³/mol. The number of carbonyl (C=O) groups is 1. The Hall–Kier alpha value is -2.28. The number of nitrogens with two attached hydrogens (primary N) is 1. The van der Waals surface area contributed by atoms with E-state index in [1.165, 1.54) is 25.9 Å². The van der Waals surface area contributed by atoms with Crippen molar-refractivity contribution >= 4 is 23.4 Å². The summed E-state index contributed by atoms with van der Waals surface area (Å²) in [6.07, 6.45) is 0. The van der Waals surface area contributed by atoms with Gasteiger partial charge in [-0.15, -0.1) is 11.8 Å². The van der Waals surface area contributed by atoms with Crippen LogP contribution in [0.5, 0.6) is 0 Å². The molecule has 1 aromatic carbocycles. The van der Waals surface area contributed by atoms with Crippen molar-refractivity contribution in [3.63, 3.8) is 0 Å². The number of anilines is 1. The zero-order chi connectivity index (χ0) is 16.4. The quantitative estimate of drug-likeness (QED) is 0.670. The lowest BCUT2D eigenvalue weighted by atomic mass is 10.2. The average molecular weight is 319 g/mol. The molecular formula is C15H17N3O3S. The molecule has 0 spiro atoms. The molecule has 0 aliphatic carbocycles. The third-order valence-electron chi connectivity index (χ3n) is 3.44. The first kappa shape index (κ1) is 16.1. The number of Topliss-reactive ketones (excluding diaryl/α,β-unsaturated/α-hetero) is 1. The van der Waals surface area contributed by atoms with Crippen LogP contribution in [0.4, 0.5) is 5.82 Å². The predicted octanol–water partition coefficient (Wildman–Crippen LogP) is 0.950. The molecule has 2 rings (SSSR count). The number of benzene rings is 1.